The minimum atomic E-state index is -0.357. The van der Waals surface area contributed by atoms with Gasteiger partial charge in [-0.05, 0) is 48.6 Å². The Bertz CT molecular complexity index is 904. The summed E-state index contributed by atoms with van der Waals surface area (Å²) >= 11 is 0. The van der Waals surface area contributed by atoms with E-state index in [-0.39, 0.29) is 34.3 Å². The van der Waals surface area contributed by atoms with E-state index in [2.05, 4.69) is 17.5 Å². The summed E-state index contributed by atoms with van der Waals surface area (Å²) < 4.78 is 0. The molecule has 0 aromatic heterocycles. The fourth-order valence-corrected chi connectivity index (χ4v) is 3.98. The number of hydrogen-bond acceptors (Lipinski definition) is 4. The molecule has 25 heavy (non-hydrogen) atoms. The molecular formula is C20H18N2O3. The van der Waals surface area contributed by atoms with Crippen molar-refractivity contribution in [1.29, 1.82) is 0 Å². The van der Waals surface area contributed by atoms with Gasteiger partial charge in [0, 0.05) is 29.3 Å². The molecule has 1 heterocycles. The van der Waals surface area contributed by atoms with Crippen molar-refractivity contribution in [3.05, 3.63) is 81.4 Å². The number of anilines is 1. The number of benzene rings is 2. The van der Waals surface area contributed by atoms with Crippen LogP contribution in [0.5, 0.6) is 0 Å². The van der Waals surface area contributed by atoms with Crippen LogP contribution in [-0.4, -0.2) is 10.7 Å². The average molecular weight is 334 g/mol. The number of Topliss-reactive ketones (excluding diaryl/α,β-unsaturated/α-hetero) is 1. The van der Waals surface area contributed by atoms with Crippen molar-refractivity contribution in [2.24, 2.45) is 5.92 Å². The van der Waals surface area contributed by atoms with Gasteiger partial charge in [-0.1, -0.05) is 24.3 Å². The van der Waals surface area contributed by atoms with Gasteiger partial charge in [0.1, 0.15) is 0 Å². The van der Waals surface area contributed by atoms with Gasteiger partial charge in [0.2, 0.25) is 0 Å². The number of nitro groups is 1. The van der Waals surface area contributed by atoms with E-state index in [1.165, 1.54) is 6.07 Å². The lowest BCUT2D eigenvalue weighted by molar-refractivity contribution is -0.384. The molecule has 5 heteroatoms. The topological polar surface area (TPSA) is 72.2 Å². The molecule has 2 aliphatic rings. The van der Waals surface area contributed by atoms with Gasteiger partial charge >= 0.3 is 0 Å². The third-order valence-corrected chi connectivity index (χ3v) is 5.21. The highest BCUT2D eigenvalue weighted by atomic mass is 16.6. The van der Waals surface area contributed by atoms with Crippen LogP contribution in [0.2, 0.25) is 0 Å². The van der Waals surface area contributed by atoms with E-state index < -0.39 is 0 Å². The molecule has 0 saturated heterocycles. The fourth-order valence-electron chi connectivity index (χ4n) is 3.98. The van der Waals surface area contributed by atoms with Crippen LogP contribution >= 0.6 is 0 Å². The first-order valence-corrected chi connectivity index (χ1v) is 8.37. The molecule has 0 fully saturated rings. The van der Waals surface area contributed by atoms with Crippen LogP contribution in [0.3, 0.4) is 0 Å². The van der Waals surface area contributed by atoms with Crippen LogP contribution in [0, 0.1) is 16.0 Å². The summed E-state index contributed by atoms with van der Waals surface area (Å²) in [4.78, 5) is 22.5. The predicted molar refractivity (Wildman–Crippen MR) is 95.9 cm³/mol. The lowest BCUT2D eigenvalue weighted by Gasteiger charge is -2.37. The lowest BCUT2D eigenvalue weighted by Crippen LogP contribution is -2.29. The SMILES string of the molecule is CC(=O)c1ccc2c(c1)[C@H]1C=CC[C@@H]1[C@@H](c1cccc([N+](=O)[O-])c1)N2. The highest BCUT2D eigenvalue weighted by Crippen LogP contribution is 2.50. The molecule has 0 amide bonds. The monoisotopic (exact) mass is 334 g/mol. The summed E-state index contributed by atoms with van der Waals surface area (Å²) in [6.07, 6.45) is 5.27. The number of ketones is 1. The lowest BCUT2D eigenvalue weighted by atomic mass is 9.76. The van der Waals surface area contributed by atoms with Crippen LogP contribution in [0.15, 0.2) is 54.6 Å². The summed E-state index contributed by atoms with van der Waals surface area (Å²) in [5, 5.41) is 14.6. The molecule has 5 nitrogen and oxygen atoms in total. The number of non-ortho nitro benzene ring substituents is 1. The number of nitro benzene ring substituents is 1. The van der Waals surface area contributed by atoms with Gasteiger partial charge in [0.05, 0.1) is 11.0 Å². The maximum atomic E-state index is 11.7. The molecule has 1 aliphatic heterocycles. The molecule has 1 N–H and O–H groups in total. The smallest absolute Gasteiger partial charge is 0.269 e. The second kappa shape index (κ2) is 5.84. The summed E-state index contributed by atoms with van der Waals surface area (Å²) in [7, 11) is 0. The van der Waals surface area contributed by atoms with Gasteiger partial charge in [-0.3, -0.25) is 14.9 Å². The first-order chi connectivity index (χ1) is 12.0. The molecule has 126 valence electrons. The van der Waals surface area contributed by atoms with Crippen molar-refractivity contribution in [3.8, 4) is 0 Å². The molecule has 2 aromatic rings. The van der Waals surface area contributed by atoms with Crippen LogP contribution in [-0.2, 0) is 0 Å². The Morgan fingerprint density at radius 2 is 2.08 bits per heavy atom. The fraction of sp³-hybridized carbons (Fsp3) is 0.250. The molecular weight excluding hydrogens is 316 g/mol. The highest BCUT2D eigenvalue weighted by Gasteiger charge is 2.38. The van der Waals surface area contributed by atoms with E-state index in [9.17, 15) is 14.9 Å². The number of fused-ring (bicyclic) bond motifs is 3. The number of allylic oxidation sites excluding steroid dienone is 2. The van der Waals surface area contributed by atoms with Crippen LogP contribution in [0.25, 0.3) is 0 Å². The Hall–Kier alpha value is -2.95. The van der Waals surface area contributed by atoms with Gasteiger partial charge in [0.15, 0.2) is 5.78 Å². The minimum Gasteiger partial charge on any atom is -0.378 e. The highest BCUT2D eigenvalue weighted by molar-refractivity contribution is 5.95. The summed E-state index contributed by atoms with van der Waals surface area (Å²) in [6, 6.07) is 12.6. The van der Waals surface area contributed by atoms with Crippen molar-refractivity contribution >= 4 is 17.2 Å². The maximum absolute atomic E-state index is 11.7. The average Bonchev–Trinajstić information content (AvgIpc) is 3.10. The van der Waals surface area contributed by atoms with E-state index in [0.29, 0.717) is 5.56 Å². The number of hydrogen-bond donors (Lipinski definition) is 1. The normalized spacial score (nSPS) is 23.5. The van der Waals surface area contributed by atoms with Gasteiger partial charge in [-0.15, -0.1) is 0 Å². The van der Waals surface area contributed by atoms with Gasteiger partial charge < -0.3 is 5.32 Å². The molecule has 0 spiro atoms. The van der Waals surface area contributed by atoms with Gasteiger partial charge in [-0.25, -0.2) is 0 Å². The molecule has 0 bridgehead atoms. The molecule has 4 rings (SSSR count). The summed E-state index contributed by atoms with van der Waals surface area (Å²) in [5.74, 6) is 0.568. The van der Waals surface area contributed by atoms with Gasteiger partial charge in [-0.2, -0.15) is 0 Å². The van der Waals surface area contributed by atoms with Crippen molar-refractivity contribution in [3.63, 3.8) is 0 Å². The largest absolute Gasteiger partial charge is 0.378 e. The predicted octanol–water partition coefficient (Wildman–Crippen LogP) is 4.62. The summed E-state index contributed by atoms with van der Waals surface area (Å²) in [6.45, 7) is 1.58. The van der Waals surface area contributed by atoms with E-state index in [4.69, 9.17) is 0 Å². The quantitative estimate of drug-likeness (QED) is 0.385. The molecule has 0 saturated carbocycles. The Balaban J connectivity index is 1.77. The van der Waals surface area contributed by atoms with Crippen molar-refractivity contribution in [1.82, 2.24) is 0 Å². The standard InChI is InChI=1S/C20H18N2O3/c1-12(23)13-8-9-19-18(11-13)16-6-3-7-17(16)20(21-19)14-4-2-5-15(10-14)22(24)25/h2-6,8-11,16-17,20-21H,7H2,1H3/t16-,17-,20+/m0/s1. The van der Waals surface area contributed by atoms with E-state index in [1.54, 1.807) is 19.1 Å². The van der Waals surface area contributed by atoms with Crippen molar-refractivity contribution in [2.45, 2.75) is 25.3 Å². The second-order valence-corrected chi connectivity index (χ2v) is 6.69. The number of rotatable bonds is 3. The molecule has 1 aliphatic carbocycles. The number of carbonyl (C=O) groups excluding carboxylic acids is 1. The van der Waals surface area contributed by atoms with E-state index in [1.807, 2.05) is 24.3 Å². The molecule has 2 aromatic carbocycles. The Kier molecular flexibility index (Phi) is 3.64. The van der Waals surface area contributed by atoms with Crippen LogP contribution in [0.1, 0.15) is 46.8 Å². The van der Waals surface area contributed by atoms with E-state index >= 15 is 0 Å². The minimum absolute atomic E-state index is 0.00979. The summed E-state index contributed by atoms with van der Waals surface area (Å²) in [5.41, 5.74) is 3.88. The molecule has 3 atom stereocenters. The number of nitrogens with one attached hydrogen (secondary N) is 1. The Labute approximate surface area is 145 Å². The number of carbonyl (C=O) groups is 1. The van der Waals surface area contributed by atoms with E-state index in [0.717, 1.165) is 23.2 Å². The Morgan fingerprint density at radius 3 is 2.84 bits per heavy atom. The zero-order chi connectivity index (χ0) is 17.6. The van der Waals surface area contributed by atoms with Gasteiger partial charge in [0.25, 0.3) is 5.69 Å². The maximum Gasteiger partial charge on any atom is 0.269 e. The first-order valence-electron chi connectivity index (χ1n) is 8.37. The van der Waals surface area contributed by atoms with Crippen LogP contribution < -0.4 is 5.32 Å². The Morgan fingerprint density at radius 1 is 1.24 bits per heavy atom. The van der Waals surface area contributed by atoms with Crippen LogP contribution in [0.4, 0.5) is 11.4 Å². The third-order valence-electron chi connectivity index (χ3n) is 5.21. The third kappa shape index (κ3) is 2.61. The molecule has 0 unspecified atom stereocenters. The zero-order valence-electron chi connectivity index (χ0n) is 13.8. The first kappa shape index (κ1) is 15.6. The van der Waals surface area contributed by atoms with Crippen molar-refractivity contribution in [2.75, 3.05) is 5.32 Å². The zero-order valence-corrected chi connectivity index (χ0v) is 13.8. The van der Waals surface area contributed by atoms with Crippen molar-refractivity contribution < 1.29 is 9.72 Å². The number of nitrogens with zero attached hydrogens (tertiary/aromatic N) is 1. The second-order valence-electron chi connectivity index (χ2n) is 6.69. The molecule has 0 radical (unpaired) electrons.